The van der Waals surface area contributed by atoms with Gasteiger partial charge in [-0.1, -0.05) is 12.1 Å². The van der Waals surface area contributed by atoms with Crippen LogP contribution in [0.15, 0.2) is 24.3 Å². The number of carboxylic acids is 1. The van der Waals surface area contributed by atoms with Crippen LogP contribution in [0.25, 0.3) is 10.9 Å². The highest BCUT2D eigenvalue weighted by Gasteiger charge is 2.10. The van der Waals surface area contributed by atoms with Gasteiger partial charge in [-0.15, -0.1) is 0 Å². The Balaban J connectivity index is 2.82. The normalized spacial score (nSPS) is 10.5. The number of nitrogens with zero attached hydrogens (tertiary/aromatic N) is 1. The molecule has 2 rings (SSSR count). The summed E-state index contributed by atoms with van der Waals surface area (Å²) in [6, 6.07) is 6.90. The number of aromatic nitrogens is 1. The van der Waals surface area contributed by atoms with E-state index in [2.05, 4.69) is 4.98 Å². The molecule has 0 saturated carbocycles. The highest BCUT2D eigenvalue weighted by atomic mass is 16.4. The number of carboxylic acid groups (broad SMARTS) is 1. The van der Waals surface area contributed by atoms with Crippen molar-refractivity contribution in [1.29, 1.82) is 5.41 Å². The summed E-state index contributed by atoms with van der Waals surface area (Å²) in [5.74, 6) is -1.04. The van der Waals surface area contributed by atoms with Crippen molar-refractivity contribution >= 4 is 22.6 Å². The Hall–Kier alpha value is -2.23. The second kappa shape index (κ2) is 3.97. The first-order valence-electron chi connectivity index (χ1n) is 5.20. The van der Waals surface area contributed by atoms with Gasteiger partial charge in [-0.25, -0.2) is 9.78 Å². The molecule has 0 atom stereocenters. The van der Waals surface area contributed by atoms with Gasteiger partial charge in [0.15, 0.2) is 0 Å². The summed E-state index contributed by atoms with van der Waals surface area (Å²) >= 11 is 0. The van der Waals surface area contributed by atoms with Crippen LogP contribution in [-0.2, 0) is 0 Å². The van der Waals surface area contributed by atoms with Crippen molar-refractivity contribution < 1.29 is 9.90 Å². The summed E-state index contributed by atoms with van der Waals surface area (Å²) in [4.78, 5) is 15.0. The van der Waals surface area contributed by atoms with E-state index < -0.39 is 5.97 Å². The van der Waals surface area contributed by atoms with Crippen LogP contribution in [0.2, 0.25) is 0 Å². The van der Waals surface area contributed by atoms with Gasteiger partial charge in [-0.05, 0) is 31.5 Å². The summed E-state index contributed by atoms with van der Waals surface area (Å²) in [5, 5.41) is 17.4. The number of hydrogen-bond donors (Lipinski definition) is 2. The van der Waals surface area contributed by atoms with Crippen molar-refractivity contribution in [3.05, 3.63) is 41.1 Å². The number of aryl methyl sites for hydroxylation is 1. The maximum Gasteiger partial charge on any atom is 0.354 e. The van der Waals surface area contributed by atoms with Gasteiger partial charge < -0.3 is 10.5 Å². The number of benzene rings is 1. The van der Waals surface area contributed by atoms with Crippen LogP contribution in [0.1, 0.15) is 28.5 Å². The van der Waals surface area contributed by atoms with Crippen LogP contribution in [-0.4, -0.2) is 21.8 Å². The van der Waals surface area contributed by atoms with Gasteiger partial charge in [-0.3, -0.25) is 0 Å². The zero-order chi connectivity index (χ0) is 12.6. The molecule has 17 heavy (non-hydrogen) atoms. The fraction of sp³-hybridized carbons (Fsp3) is 0.154. The molecule has 0 fully saturated rings. The Kier molecular flexibility index (Phi) is 2.63. The standard InChI is InChI=1S/C13H12N2O2/c1-7-3-4-9(8(2)14)10-5-6-11(13(16)17)15-12(7)10/h3-6,14H,1-2H3,(H,16,17). The van der Waals surface area contributed by atoms with E-state index in [1.165, 1.54) is 6.07 Å². The number of pyridine rings is 1. The van der Waals surface area contributed by atoms with Crippen molar-refractivity contribution in [2.75, 3.05) is 0 Å². The fourth-order valence-electron chi connectivity index (χ4n) is 1.80. The van der Waals surface area contributed by atoms with Crippen LogP contribution in [0.4, 0.5) is 0 Å². The topological polar surface area (TPSA) is 74.0 Å². The molecular weight excluding hydrogens is 216 g/mol. The monoisotopic (exact) mass is 228 g/mol. The summed E-state index contributed by atoms with van der Waals surface area (Å²) in [5.41, 5.74) is 2.82. The molecule has 0 aliphatic rings. The van der Waals surface area contributed by atoms with Gasteiger partial charge in [-0.2, -0.15) is 0 Å². The molecule has 4 heteroatoms. The van der Waals surface area contributed by atoms with E-state index in [9.17, 15) is 4.79 Å². The van der Waals surface area contributed by atoms with Crippen LogP contribution in [0.3, 0.4) is 0 Å². The number of rotatable bonds is 2. The number of carbonyl (C=O) groups is 1. The van der Waals surface area contributed by atoms with Gasteiger partial charge in [0.25, 0.3) is 0 Å². The van der Waals surface area contributed by atoms with Crippen LogP contribution in [0, 0.1) is 12.3 Å². The summed E-state index contributed by atoms with van der Waals surface area (Å²) in [6.45, 7) is 3.58. The predicted octanol–water partition coefficient (Wildman–Crippen LogP) is 2.63. The second-order valence-electron chi connectivity index (χ2n) is 3.95. The number of nitrogens with one attached hydrogen (secondary N) is 1. The van der Waals surface area contributed by atoms with E-state index >= 15 is 0 Å². The Morgan fingerprint density at radius 2 is 2.00 bits per heavy atom. The van der Waals surface area contributed by atoms with Crippen molar-refractivity contribution in [3.8, 4) is 0 Å². The molecule has 0 unspecified atom stereocenters. The molecule has 0 saturated heterocycles. The third kappa shape index (κ3) is 1.89. The molecule has 2 N–H and O–H groups in total. The first-order valence-corrected chi connectivity index (χ1v) is 5.20. The third-order valence-electron chi connectivity index (χ3n) is 2.68. The molecule has 86 valence electrons. The quantitative estimate of drug-likeness (QED) is 0.776. The lowest BCUT2D eigenvalue weighted by molar-refractivity contribution is 0.0691. The van der Waals surface area contributed by atoms with Crippen molar-refractivity contribution in [1.82, 2.24) is 4.98 Å². The second-order valence-corrected chi connectivity index (χ2v) is 3.95. The van der Waals surface area contributed by atoms with E-state index in [1.54, 1.807) is 13.0 Å². The van der Waals surface area contributed by atoms with Crippen LogP contribution < -0.4 is 0 Å². The Labute approximate surface area is 98.4 Å². The lowest BCUT2D eigenvalue weighted by Crippen LogP contribution is -2.02. The molecule has 1 aromatic heterocycles. The van der Waals surface area contributed by atoms with Gasteiger partial charge in [0, 0.05) is 16.7 Å². The first kappa shape index (κ1) is 11.3. The van der Waals surface area contributed by atoms with Crippen molar-refractivity contribution in [2.45, 2.75) is 13.8 Å². The molecule has 4 nitrogen and oxygen atoms in total. The number of aromatic carboxylic acids is 1. The summed E-state index contributed by atoms with van der Waals surface area (Å²) < 4.78 is 0. The molecule has 0 radical (unpaired) electrons. The molecule has 1 heterocycles. The van der Waals surface area contributed by atoms with Gasteiger partial charge in [0.1, 0.15) is 5.69 Å². The predicted molar refractivity (Wildman–Crippen MR) is 65.9 cm³/mol. The van der Waals surface area contributed by atoms with E-state index in [0.717, 1.165) is 16.5 Å². The largest absolute Gasteiger partial charge is 0.477 e. The van der Waals surface area contributed by atoms with Gasteiger partial charge in [0.2, 0.25) is 0 Å². The van der Waals surface area contributed by atoms with Crippen LogP contribution >= 0.6 is 0 Å². The van der Waals surface area contributed by atoms with Crippen molar-refractivity contribution in [3.63, 3.8) is 0 Å². The highest BCUT2D eigenvalue weighted by Crippen LogP contribution is 2.21. The fourth-order valence-corrected chi connectivity index (χ4v) is 1.80. The third-order valence-corrected chi connectivity index (χ3v) is 2.68. The molecule has 0 aliphatic heterocycles. The zero-order valence-corrected chi connectivity index (χ0v) is 9.61. The van der Waals surface area contributed by atoms with Gasteiger partial charge in [0.05, 0.1) is 5.52 Å². The zero-order valence-electron chi connectivity index (χ0n) is 9.61. The van der Waals surface area contributed by atoms with E-state index in [0.29, 0.717) is 11.2 Å². The average molecular weight is 228 g/mol. The summed E-state index contributed by atoms with van der Waals surface area (Å²) in [7, 11) is 0. The lowest BCUT2D eigenvalue weighted by atomic mass is 10.0. The molecule has 0 aliphatic carbocycles. The smallest absolute Gasteiger partial charge is 0.354 e. The highest BCUT2D eigenvalue weighted by molar-refractivity contribution is 6.08. The van der Waals surface area contributed by atoms with E-state index in [1.807, 2.05) is 19.1 Å². The Morgan fingerprint density at radius 3 is 2.59 bits per heavy atom. The van der Waals surface area contributed by atoms with Gasteiger partial charge >= 0.3 is 5.97 Å². The Morgan fingerprint density at radius 1 is 1.29 bits per heavy atom. The molecule has 0 amide bonds. The number of fused-ring (bicyclic) bond motifs is 1. The first-order chi connectivity index (χ1) is 8.00. The SMILES string of the molecule is CC(=N)c1ccc(C)c2nc(C(=O)O)ccc12. The van der Waals surface area contributed by atoms with E-state index in [4.69, 9.17) is 10.5 Å². The van der Waals surface area contributed by atoms with E-state index in [-0.39, 0.29) is 5.69 Å². The van der Waals surface area contributed by atoms with Crippen molar-refractivity contribution in [2.24, 2.45) is 0 Å². The summed E-state index contributed by atoms with van der Waals surface area (Å²) in [6.07, 6.45) is 0. The molecular formula is C13H12N2O2. The minimum atomic E-state index is -1.04. The molecule has 1 aromatic carbocycles. The Bertz CT molecular complexity index is 633. The number of hydrogen-bond acceptors (Lipinski definition) is 3. The minimum absolute atomic E-state index is 0.0281. The average Bonchev–Trinajstić information content (AvgIpc) is 2.28. The maximum atomic E-state index is 10.9. The lowest BCUT2D eigenvalue weighted by Gasteiger charge is -2.07. The molecule has 0 spiro atoms. The molecule has 0 bridgehead atoms. The maximum absolute atomic E-state index is 10.9. The molecule has 2 aromatic rings. The minimum Gasteiger partial charge on any atom is -0.477 e. The van der Waals surface area contributed by atoms with Crippen LogP contribution in [0.5, 0.6) is 0 Å².